The zero-order valence-electron chi connectivity index (χ0n) is 19.2. The Balaban J connectivity index is 1.79. The maximum absolute atomic E-state index is 12.9. The molecule has 174 valence electrons. The Morgan fingerprint density at radius 1 is 1.03 bits per heavy atom. The molecule has 1 atom stereocenters. The molecule has 0 aromatic heterocycles. The Morgan fingerprint density at radius 3 is 2.34 bits per heavy atom. The lowest BCUT2D eigenvalue weighted by atomic mass is 9.89. The van der Waals surface area contributed by atoms with E-state index >= 15 is 0 Å². The number of anilines is 1. The van der Waals surface area contributed by atoms with Gasteiger partial charge in [-0.1, -0.05) is 25.1 Å². The molecular weight excluding hydrogens is 428 g/mol. The van der Waals surface area contributed by atoms with Crippen LogP contribution in [0.2, 0.25) is 0 Å². The van der Waals surface area contributed by atoms with Crippen LogP contribution in [0.4, 0.5) is 5.69 Å². The molecule has 0 aliphatic heterocycles. The van der Waals surface area contributed by atoms with E-state index in [2.05, 4.69) is 23.5 Å². The third-order valence-electron chi connectivity index (χ3n) is 5.86. The van der Waals surface area contributed by atoms with Gasteiger partial charge in [-0.15, -0.1) is 0 Å². The number of nitrogens with one attached hydrogen (secondary N) is 1. The lowest BCUT2D eigenvalue weighted by Gasteiger charge is -2.25. The maximum atomic E-state index is 12.9. The van der Waals surface area contributed by atoms with Gasteiger partial charge in [0.05, 0.1) is 32.2 Å². The Kier molecular flexibility index (Phi) is 7.66. The Bertz CT molecular complexity index is 1070. The van der Waals surface area contributed by atoms with Crippen molar-refractivity contribution in [3.05, 3.63) is 53.1 Å². The molecule has 0 bridgehead atoms. The maximum Gasteiger partial charge on any atom is 0.241 e. The Morgan fingerprint density at radius 2 is 1.72 bits per heavy atom. The summed E-state index contributed by atoms with van der Waals surface area (Å²) in [4.78, 5) is 12.9. The van der Waals surface area contributed by atoms with Crippen LogP contribution in [0.5, 0.6) is 11.5 Å². The van der Waals surface area contributed by atoms with Crippen LogP contribution in [0, 0.1) is 0 Å². The molecule has 3 rings (SSSR count). The van der Waals surface area contributed by atoms with Crippen molar-refractivity contribution < 1.29 is 22.7 Å². The highest BCUT2D eigenvalue weighted by molar-refractivity contribution is 7.92. The summed E-state index contributed by atoms with van der Waals surface area (Å²) in [6.07, 6.45) is 6.37. The third-order valence-corrected chi connectivity index (χ3v) is 7.00. The number of hydrogen-bond acceptors (Lipinski definition) is 5. The number of methoxy groups -OCH3 is 2. The van der Waals surface area contributed by atoms with Crippen LogP contribution in [0.3, 0.4) is 0 Å². The second-order valence-corrected chi connectivity index (χ2v) is 9.98. The molecule has 8 heteroatoms. The van der Waals surface area contributed by atoms with Crippen molar-refractivity contribution in [2.24, 2.45) is 0 Å². The van der Waals surface area contributed by atoms with Crippen molar-refractivity contribution in [3.63, 3.8) is 0 Å². The zero-order chi connectivity index (χ0) is 23.3. The molecule has 32 heavy (non-hydrogen) atoms. The van der Waals surface area contributed by atoms with Crippen LogP contribution in [-0.4, -0.2) is 41.3 Å². The van der Waals surface area contributed by atoms with Crippen molar-refractivity contribution in [3.8, 4) is 11.5 Å². The van der Waals surface area contributed by atoms with E-state index in [4.69, 9.17) is 9.47 Å². The number of nitrogens with zero attached hydrogens (tertiary/aromatic N) is 1. The van der Waals surface area contributed by atoms with Gasteiger partial charge in [0.1, 0.15) is 6.54 Å². The highest BCUT2D eigenvalue weighted by Gasteiger charge is 2.24. The van der Waals surface area contributed by atoms with Gasteiger partial charge in [0.15, 0.2) is 11.5 Å². The monoisotopic (exact) mass is 460 g/mol. The fourth-order valence-electron chi connectivity index (χ4n) is 4.14. The van der Waals surface area contributed by atoms with Gasteiger partial charge in [-0.25, -0.2) is 8.42 Å². The number of ether oxygens (including phenoxy) is 2. The van der Waals surface area contributed by atoms with Gasteiger partial charge in [-0.2, -0.15) is 0 Å². The number of fused-ring (bicyclic) bond motifs is 1. The molecule has 2 aromatic carbocycles. The van der Waals surface area contributed by atoms with Crippen LogP contribution in [-0.2, 0) is 27.7 Å². The molecule has 0 fully saturated rings. The highest BCUT2D eigenvalue weighted by Crippen LogP contribution is 2.32. The van der Waals surface area contributed by atoms with Gasteiger partial charge >= 0.3 is 0 Å². The lowest BCUT2D eigenvalue weighted by molar-refractivity contribution is -0.120. The van der Waals surface area contributed by atoms with Crippen molar-refractivity contribution in [2.45, 2.75) is 45.1 Å². The predicted octanol–water partition coefficient (Wildman–Crippen LogP) is 3.62. The topological polar surface area (TPSA) is 84.9 Å². The summed E-state index contributed by atoms with van der Waals surface area (Å²) in [5.41, 5.74) is 4.13. The lowest BCUT2D eigenvalue weighted by Crippen LogP contribution is -2.41. The minimum absolute atomic E-state index is 0.179. The standard InChI is InChI=1S/C24H32N2O5S/c1-5-21(19-11-10-17-8-6-7-9-18(17)14-19)25-24(27)16-26(32(4,28)29)20-12-13-22(30-2)23(15-20)31-3/h10-15,21H,5-9,16H2,1-4H3,(H,25,27)/t21-/m0/s1. The summed E-state index contributed by atoms with van der Waals surface area (Å²) in [7, 11) is -0.720. The molecule has 7 nitrogen and oxygen atoms in total. The van der Waals surface area contributed by atoms with Gasteiger partial charge < -0.3 is 14.8 Å². The molecule has 0 heterocycles. The molecule has 0 radical (unpaired) electrons. The SMILES string of the molecule is CC[C@H](NC(=O)CN(c1ccc(OC)c(OC)c1)S(C)(=O)=O)c1ccc2c(c1)CCCC2. The van der Waals surface area contributed by atoms with Gasteiger partial charge in [0.2, 0.25) is 15.9 Å². The van der Waals surface area contributed by atoms with E-state index in [-0.39, 0.29) is 18.5 Å². The number of sulfonamides is 1. The first-order chi connectivity index (χ1) is 15.3. The average molecular weight is 461 g/mol. The number of aryl methyl sites for hydroxylation is 2. The molecular formula is C24H32N2O5S. The van der Waals surface area contributed by atoms with Gasteiger partial charge in [-0.05, 0) is 60.9 Å². The summed E-state index contributed by atoms with van der Waals surface area (Å²) in [5.74, 6) is 0.502. The zero-order valence-corrected chi connectivity index (χ0v) is 20.0. The van der Waals surface area contributed by atoms with Crippen molar-refractivity contribution in [1.29, 1.82) is 0 Å². The molecule has 1 aliphatic rings. The van der Waals surface area contributed by atoms with Crippen molar-refractivity contribution >= 4 is 21.6 Å². The van der Waals surface area contributed by atoms with Crippen LogP contribution in [0.15, 0.2) is 36.4 Å². The summed E-state index contributed by atoms with van der Waals surface area (Å²) >= 11 is 0. The fraction of sp³-hybridized carbons (Fsp3) is 0.458. The van der Waals surface area contributed by atoms with E-state index < -0.39 is 10.0 Å². The van der Waals surface area contributed by atoms with E-state index in [0.717, 1.165) is 29.0 Å². The largest absolute Gasteiger partial charge is 0.493 e. The van der Waals surface area contributed by atoms with Gasteiger partial charge in [0.25, 0.3) is 0 Å². The molecule has 1 amide bonds. The number of rotatable bonds is 9. The summed E-state index contributed by atoms with van der Waals surface area (Å²) in [5, 5.41) is 3.01. The normalized spacial score (nSPS) is 14.2. The van der Waals surface area contributed by atoms with Crippen LogP contribution in [0.1, 0.15) is 48.9 Å². The number of carbonyl (C=O) groups excluding carboxylic acids is 1. The van der Waals surface area contributed by atoms with E-state index in [9.17, 15) is 13.2 Å². The molecule has 0 saturated carbocycles. The molecule has 2 aromatic rings. The minimum atomic E-state index is -3.70. The molecule has 1 N–H and O–H groups in total. The summed E-state index contributed by atoms with van der Waals surface area (Å²) in [6, 6.07) is 11.0. The van der Waals surface area contributed by atoms with Gasteiger partial charge in [0, 0.05) is 6.07 Å². The molecule has 1 aliphatic carbocycles. The van der Waals surface area contributed by atoms with Crippen LogP contribution < -0.4 is 19.1 Å². The summed E-state index contributed by atoms with van der Waals surface area (Å²) < 4.78 is 36.5. The quantitative estimate of drug-likeness (QED) is 0.618. The number of amides is 1. The fourth-order valence-corrected chi connectivity index (χ4v) is 4.99. The number of hydrogen-bond donors (Lipinski definition) is 1. The van der Waals surface area contributed by atoms with E-state index in [1.807, 2.05) is 6.92 Å². The van der Waals surface area contributed by atoms with Crippen molar-refractivity contribution in [1.82, 2.24) is 5.32 Å². The predicted molar refractivity (Wildman–Crippen MR) is 126 cm³/mol. The van der Waals surface area contributed by atoms with E-state index in [0.29, 0.717) is 23.6 Å². The molecule has 0 spiro atoms. The molecule has 0 unspecified atom stereocenters. The van der Waals surface area contributed by atoms with Gasteiger partial charge in [-0.3, -0.25) is 9.10 Å². The Labute approximate surface area is 190 Å². The summed E-state index contributed by atoms with van der Waals surface area (Å²) in [6.45, 7) is 1.68. The molecule has 0 saturated heterocycles. The highest BCUT2D eigenvalue weighted by atomic mass is 32.2. The van der Waals surface area contributed by atoms with Crippen LogP contribution >= 0.6 is 0 Å². The smallest absolute Gasteiger partial charge is 0.241 e. The van der Waals surface area contributed by atoms with E-state index in [1.54, 1.807) is 18.2 Å². The first kappa shape index (κ1) is 23.9. The van der Waals surface area contributed by atoms with E-state index in [1.165, 1.54) is 38.2 Å². The van der Waals surface area contributed by atoms with Crippen LogP contribution in [0.25, 0.3) is 0 Å². The Hall–Kier alpha value is -2.74. The average Bonchev–Trinajstić information content (AvgIpc) is 2.79. The second kappa shape index (κ2) is 10.3. The minimum Gasteiger partial charge on any atom is -0.493 e. The number of carbonyl (C=O) groups is 1. The second-order valence-electron chi connectivity index (χ2n) is 8.07. The number of benzene rings is 2. The third kappa shape index (κ3) is 5.54. The first-order valence-electron chi connectivity index (χ1n) is 10.9. The first-order valence-corrected chi connectivity index (χ1v) is 12.7. The van der Waals surface area contributed by atoms with Crippen molar-refractivity contribution in [2.75, 3.05) is 31.3 Å².